The van der Waals surface area contributed by atoms with Crippen LogP contribution in [0.3, 0.4) is 0 Å². The average Bonchev–Trinajstić information content (AvgIpc) is 2.06. The molecule has 1 N–H and O–H groups in total. The summed E-state index contributed by atoms with van der Waals surface area (Å²) in [6.45, 7) is 9.56. The zero-order valence-corrected chi connectivity index (χ0v) is 8.77. The summed E-state index contributed by atoms with van der Waals surface area (Å²) in [4.78, 5) is 0. The zero-order valence-electron chi connectivity index (χ0n) is 8.77. The van der Waals surface area contributed by atoms with Crippen molar-refractivity contribution in [1.82, 2.24) is 5.32 Å². The van der Waals surface area contributed by atoms with Crippen LogP contribution < -0.4 is 5.32 Å². The van der Waals surface area contributed by atoms with Crippen LogP contribution in [0.25, 0.3) is 0 Å². The van der Waals surface area contributed by atoms with Crippen molar-refractivity contribution in [1.29, 1.82) is 0 Å². The monoisotopic (exact) mass is 169 g/mol. The fourth-order valence-electron chi connectivity index (χ4n) is 1.92. The normalized spacial score (nSPS) is 27.5. The fraction of sp³-hybridized carbons (Fsp3) is 1.00. The lowest BCUT2D eigenvalue weighted by Gasteiger charge is -2.27. The molecule has 1 nitrogen and oxygen atoms in total. The molecule has 0 aromatic rings. The molecule has 1 heteroatoms. The Morgan fingerprint density at radius 3 is 2.58 bits per heavy atom. The average molecular weight is 169 g/mol. The predicted molar refractivity (Wildman–Crippen MR) is 54.2 cm³/mol. The maximum Gasteiger partial charge on any atom is -0.00204 e. The van der Waals surface area contributed by atoms with Gasteiger partial charge in [-0.2, -0.15) is 0 Å². The van der Waals surface area contributed by atoms with E-state index in [0.29, 0.717) is 0 Å². The SMILES string of the molecule is CC(C)C(C)CC1CCCNC1. The number of hydrogen-bond donors (Lipinski definition) is 1. The van der Waals surface area contributed by atoms with E-state index in [2.05, 4.69) is 26.1 Å². The molecule has 0 amide bonds. The van der Waals surface area contributed by atoms with E-state index in [4.69, 9.17) is 0 Å². The summed E-state index contributed by atoms with van der Waals surface area (Å²) in [6.07, 6.45) is 4.25. The van der Waals surface area contributed by atoms with Gasteiger partial charge >= 0.3 is 0 Å². The second-order valence-electron chi connectivity index (χ2n) is 4.67. The molecule has 0 saturated carbocycles. The Balaban J connectivity index is 2.20. The lowest BCUT2D eigenvalue weighted by molar-refractivity contribution is 0.273. The number of rotatable bonds is 3. The van der Waals surface area contributed by atoms with Gasteiger partial charge < -0.3 is 5.32 Å². The fourth-order valence-corrected chi connectivity index (χ4v) is 1.92. The number of piperidine rings is 1. The number of hydrogen-bond acceptors (Lipinski definition) is 1. The molecule has 1 saturated heterocycles. The molecule has 1 aliphatic rings. The van der Waals surface area contributed by atoms with E-state index in [9.17, 15) is 0 Å². The molecule has 1 rings (SSSR count). The van der Waals surface area contributed by atoms with Crippen molar-refractivity contribution in [2.45, 2.75) is 40.0 Å². The highest BCUT2D eigenvalue weighted by Crippen LogP contribution is 2.23. The van der Waals surface area contributed by atoms with Crippen molar-refractivity contribution >= 4 is 0 Å². The van der Waals surface area contributed by atoms with E-state index in [1.165, 1.54) is 32.4 Å². The Kier molecular flexibility index (Phi) is 4.07. The Bertz CT molecular complexity index is 114. The lowest BCUT2D eigenvalue weighted by Crippen LogP contribution is -2.31. The minimum absolute atomic E-state index is 0.854. The maximum atomic E-state index is 3.48. The van der Waals surface area contributed by atoms with Gasteiger partial charge in [0.05, 0.1) is 0 Å². The van der Waals surface area contributed by atoms with Gasteiger partial charge in [0, 0.05) is 0 Å². The standard InChI is InChI=1S/C11H23N/c1-9(2)10(3)7-11-5-4-6-12-8-11/h9-12H,4-8H2,1-3H3. The minimum atomic E-state index is 0.854. The van der Waals surface area contributed by atoms with Crippen molar-refractivity contribution in [3.8, 4) is 0 Å². The van der Waals surface area contributed by atoms with Gasteiger partial charge in [0.15, 0.2) is 0 Å². The Morgan fingerprint density at radius 1 is 1.33 bits per heavy atom. The van der Waals surface area contributed by atoms with Gasteiger partial charge in [-0.15, -0.1) is 0 Å². The summed E-state index contributed by atoms with van der Waals surface area (Å²) < 4.78 is 0. The molecule has 0 bridgehead atoms. The summed E-state index contributed by atoms with van der Waals surface area (Å²) >= 11 is 0. The Labute approximate surface area is 76.9 Å². The van der Waals surface area contributed by atoms with Gasteiger partial charge in [0.25, 0.3) is 0 Å². The summed E-state index contributed by atoms with van der Waals surface area (Å²) in [7, 11) is 0. The van der Waals surface area contributed by atoms with Crippen LogP contribution in [0.1, 0.15) is 40.0 Å². The van der Waals surface area contributed by atoms with Gasteiger partial charge in [0.2, 0.25) is 0 Å². The van der Waals surface area contributed by atoms with E-state index < -0.39 is 0 Å². The Hall–Kier alpha value is -0.0400. The summed E-state index contributed by atoms with van der Waals surface area (Å²) in [5, 5.41) is 3.48. The maximum absolute atomic E-state index is 3.48. The predicted octanol–water partition coefficient (Wildman–Crippen LogP) is 2.67. The van der Waals surface area contributed by atoms with Crippen molar-refractivity contribution in [2.75, 3.05) is 13.1 Å². The molecular formula is C11H23N. The molecule has 1 heterocycles. The highest BCUT2D eigenvalue weighted by molar-refractivity contribution is 4.72. The van der Waals surface area contributed by atoms with Crippen LogP contribution in [0.2, 0.25) is 0 Å². The molecule has 0 spiro atoms. The molecule has 0 aromatic carbocycles. The van der Waals surface area contributed by atoms with Crippen LogP contribution in [-0.2, 0) is 0 Å². The van der Waals surface area contributed by atoms with E-state index in [0.717, 1.165) is 17.8 Å². The molecular weight excluding hydrogens is 146 g/mol. The first kappa shape index (κ1) is 10.0. The molecule has 0 aromatic heterocycles. The zero-order chi connectivity index (χ0) is 8.97. The second kappa shape index (κ2) is 4.86. The second-order valence-corrected chi connectivity index (χ2v) is 4.67. The van der Waals surface area contributed by atoms with E-state index in [1.807, 2.05) is 0 Å². The van der Waals surface area contributed by atoms with Crippen LogP contribution in [-0.4, -0.2) is 13.1 Å². The van der Waals surface area contributed by atoms with Crippen LogP contribution in [0, 0.1) is 17.8 Å². The molecule has 2 unspecified atom stereocenters. The highest BCUT2D eigenvalue weighted by Gasteiger charge is 2.17. The molecule has 72 valence electrons. The van der Waals surface area contributed by atoms with E-state index >= 15 is 0 Å². The smallest absolute Gasteiger partial charge is 0.00204 e. The molecule has 1 aliphatic heterocycles. The summed E-state index contributed by atoms with van der Waals surface area (Å²) in [5.41, 5.74) is 0. The molecule has 2 atom stereocenters. The topological polar surface area (TPSA) is 12.0 Å². The third-order valence-corrected chi connectivity index (χ3v) is 3.24. The molecule has 12 heavy (non-hydrogen) atoms. The summed E-state index contributed by atoms with van der Waals surface area (Å²) in [6, 6.07) is 0. The van der Waals surface area contributed by atoms with Gasteiger partial charge in [-0.3, -0.25) is 0 Å². The third kappa shape index (κ3) is 3.14. The summed E-state index contributed by atoms with van der Waals surface area (Å²) in [5.74, 6) is 2.71. The minimum Gasteiger partial charge on any atom is -0.316 e. The highest BCUT2D eigenvalue weighted by atomic mass is 14.9. The third-order valence-electron chi connectivity index (χ3n) is 3.24. The van der Waals surface area contributed by atoms with Gasteiger partial charge in [-0.1, -0.05) is 20.8 Å². The van der Waals surface area contributed by atoms with Crippen molar-refractivity contribution < 1.29 is 0 Å². The van der Waals surface area contributed by atoms with Gasteiger partial charge in [-0.05, 0) is 50.1 Å². The molecule has 1 fully saturated rings. The largest absolute Gasteiger partial charge is 0.316 e. The molecule has 0 radical (unpaired) electrons. The van der Waals surface area contributed by atoms with Crippen molar-refractivity contribution in [2.24, 2.45) is 17.8 Å². The van der Waals surface area contributed by atoms with Crippen molar-refractivity contribution in [3.63, 3.8) is 0 Å². The van der Waals surface area contributed by atoms with Crippen LogP contribution in [0.15, 0.2) is 0 Å². The van der Waals surface area contributed by atoms with Crippen LogP contribution in [0.5, 0.6) is 0 Å². The molecule has 0 aliphatic carbocycles. The van der Waals surface area contributed by atoms with Crippen LogP contribution in [0.4, 0.5) is 0 Å². The van der Waals surface area contributed by atoms with E-state index in [-0.39, 0.29) is 0 Å². The Morgan fingerprint density at radius 2 is 2.08 bits per heavy atom. The first-order valence-corrected chi connectivity index (χ1v) is 5.41. The number of nitrogens with one attached hydrogen (secondary N) is 1. The van der Waals surface area contributed by atoms with Crippen molar-refractivity contribution in [3.05, 3.63) is 0 Å². The first-order chi connectivity index (χ1) is 5.70. The van der Waals surface area contributed by atoms with Gasteiger partial charge in [-0.25, -0.2) is 0 Å². The first-order valence-electron chi connectivity index (χ1n) is 5.41. The lowest BCUT2D eigenvalue weighted by atomic mass is 9.84. The quantitative estimate of drug-likeness (QED) is 0.685. The van der Waals surface area contributed by atoms with Gasteiger partial charge in [0.1, 0.15) is 0 Å². The van der Waals surface area contributed by atoms with E-state index in [1.54, 1.807) is 0 Å². The van der Waals surface area contributed by atoms with Crippen LogP contribution >= 0.6 is 0 Å².